The molecule has 0 amide bonds. The number of thiocarbonyl (C=S) groups is 1. The molecule has 3 rings (SSSR count). The van der Waals surface area contributed by atoms with E-state index in [1.54, 1.807) is 0 Å². The van der Waals surface area contributed by atoms with Gasteiger partial charge in [-0.15, -0.1) is 0 Å². The van der Waals surface area contributed by atoms with Crippen molar-refractivity contribution >= 4 is 34.7 Å². The largest absolute Gasteiger partial charge is 0.358 e. The van der Waals surface area contributed by atoms with Gasteiger partial charge < -0.3 is 10.6 Å². The second-order valence-electron chi connectivity index (χ2n) is 5.97. The van der Waals surface area contributed by atoms with Gasteiger partial charge in [-0.2, -0.15) is 10.2 Å². The van der Waals surface area contributed by atoms with Crippen LogP contribution >= 0.6 is 23.8 Å². The molecule has 0 fully saturated rings. The van der Waals surface area contributed by atoms with Crippen molar-refractivity contribution in [2.45, 2.75) is 33.5 Å². The molecule has 0 unspecified atom stereocenters. The summed E-state index contributed by atoms with van der Waals surface area (Å²) < 4.78 is 3.81. The summed E-state index contributed by atoms with van der Waals surface area (Å²) in [6.45, 7) is 6.23. The van der Waals surface area contributed by atoms with E-state index in [4.69, 9.17) is 23.8 Å². The normalized spacial score (nSPS) is 10.7. The molecule has 0 saturated carbocycles. The summed E-state index contributed by atoms with van der Waals surface area (Å²) in [4.78, 5) is 0. The van der Waals surface area contributed by atoms with E-state index in [1.165, 1.54) is 0 Å². The lowest BCUT2D eigenvalue weighted by atomic mass is 10.2. The third-order valence-electron chi connectivity index (χ3n) is 3.93. The van der Waals surface area contributed by atoms with E-state index in [-0.39, 0.29) is 0 Å². The van der Waals surface area contributed by atoms with Gasteiger partial charge in [-0.05, 0) is 43.8 Å². The van der Waals surface area contributed by atoms with E-state index >= 15 is 0 Å². The molecule has 0 aliphatic carbocycles. The number of nitrogens with zero attached hydrogens (tertiary/aromatic N) is 4. The summed E-state index contributed by atoms with van der Waals surface area (Å²) >= 11 is 11.3. The first-order valence-corrected chi connectivity index (χ1v) is 9.17. The Kier molecular flexibility index (Phi) is 5.90. The van der Waals surface area contributed by atoms with Crippen LogP contribution in [0.3, 0.4) is 0 Å². The van der Waals surface area contributed by atoms with E-state index in [1.807, 2.05) is 59.0 Å². The molecule has 0 atom stereocenters. The Balaban J connectivity index is 1.56. The second-order valence-corrected chi connectivity index (χ2v) is 6.81. The maximum Gasteiger partial charge on any atom is 0.172 e. The SMILES string of the molecule is CCn1cc(CNC(=S)Nc2cc(C)n(Cc3ccc(Cl)cc3)n2)cn1. The van der Waals surface area contributed by atoms with Gasteiger partial charge in [0.2, 0.25) is 0 Å². The molecule has 8 heteroatoms. The predicted molar refractivity (Wildman–Crippen MR) is 108 cm³/mol. The summed E-state index contributed by atoms with van der Waals surface area (Å²) in [5.41, 5.74) is 3.27. The maximum absolute atomic E-state index is 5.93. The van der Waals surface area contributed by atoms with Gasteiger partial charge in [0.05, 0.1) is 12.7 Å². The lowest BCUT2D eigenvalue weighted by Crippen LogP contribution is -2.28. The zero-order valence-corrected chi connectivity index (χ0v) is 16.3. The Morgan fingerprint density at radius 1 is 1.23 bits per heavy atom. The fraction of sp³-hybridized carbons (Fsp3) is 0.278. The van der Waals surface area contributed by atoms with E-state index in [9.17, 15) is 0 Å². The first-order chi connectivity index (χ1) is 12.5. The van der Waals surface area contributed by atoms with Gasteiger partial charge in [0, 0.05) is 41.6 Å². The van der Waals surface area contributed by atoms with Crippen molar-refractivity contribution in [3.05, 3.63) is 64.6 Å². The molecule has 2 N–H and O–H groups in total. The topological polar surface area (TPSA) is 59.7 Å². The van der Waals surface area contributed by atoms with Gasteiger partial charge in [-0.1, -0.05) is 23.7 Å². The number of rotatable bonds is 6. The average Bonchev–Trinajstić information content (AvgIpc) is 3.22. The fourth-order valence-corrected chi connectivity index (χ4v) is 2.81. The van der Waals surface area contributed by atoms with Crippen molar-refractivity contribution in [2.75, 3.05) is 5.32 Å². The summed E-state index contributed by atoms with van der Waals surface area (Å²) in [6, 6.07) is 9.74. The van der Waals surface area contributed by atoms with Crippen LogP contribution in [0.25, 0.3) is 0 Å². The van der Waals surface area contributed by atoms with Gasteiger partial charge >= 0.3 is 0 Å². The zero-order valence-electron chi connectivity index (χ0n) is 14.7. The highest BCUT2D eigenvalue weighted by atomic mass is 35.5. The van der Waals surface area contributed by atoms with Gasteiger partial charge in [0.25, 0.3) is 0 Å². The molecule has 26 heavy (non-hydrogen) atoms. The number of halogens is 1. The van der Waals surface area contributed by atoms with Gasteiger partial charge in [-0.25, -0.2) is 0 Å². The zero-order chi connectivity index (χ0) is 18.5. The fourth-order valence-electron chi connectivity index (χ4n) is 2.51. The van der Waals surface area contributed by atoms with Gasteiger partial charge in [-0.3, -0.25) is 9.36 Å². The molecule has 2 heterocycles. The highest BCUT2D eigenvalue weighted by molar-refractivity contribution is 7.80. The molecule has 0 aliphatic heterocycles. The van der Waals surface area contributed by atoms with Crippen molar-refractivity contribution < 1.29 is 0 Å². The Morgan fingerprint density at radius 2 is 2.00 bits per heavy atom. The molecule has 1 aromatic carbocycles. The van der Waals surface area contributed by atoms with Crippen molar-refractivity contribution in [3.63, 3.8) is 0 Å². The molecule has 6 nitrogen and oxygen atoms in total. The average molecular weight is 389 g/mol. The molecule has 3 aromatic rings. The Labute approximate surface area is 163 Å². The Hall–Kier alpha value is -2.38. The number of hydrogen-bond acceptors (Lipinski definition) is 3. The molecule has 0 aliphatic rings. The molecule has 2 aromatic heterocycles. The minimum absolute atomic E-state index is 0.533. The minimum atomic E-state index is 0.533. The number of anilines is 1. The molecular weight excluding hydrogens is 368 g/mol. The summed E-state index contributed by atoms with van der Waals surface area (Å²) in [5, 5.41) is 16.4. The van der Waals surface area contributed by atoms with E-state index < -0.39 is 0 Å². The summed E-state index contributed by atoms with van der Waals surface area (Å²) in [7, 11) is 0. The highest BCUT2D eigenvalue weighted by Crippen LogP contribution is 2.14. The smallest absolute Gasteiger partial charge is 0.172 e. The van der Waals surface area contributed by atoms with Crippen LogP contribution in [0, 0.1) is 6.92 Å². The lowest BCUT2D eigenvalue weighted by molar-refractivity contribution is 0.659. The Bertz CT molecular complexity index is 883. The van der Waals surface area contributed by atoms with Crippen LogP contribution in [0.4, 0.5) is 5.82 Å². The minimum Gasteiger partial charge on any atom is -0.358 e. The number of aromatic nitrogens is 4. The molecule has 0 spiro atoms. The van der Waals surface area contributed by atoms with Gasteiger partial charge in [0.1, 0.15) is 0 Å². The predicted octanol–water partition coefficient (Wildman–Crippen LogP) is 3.60. The standard InChI is InChI=1S/C18H21ClN6S/c1-3-24-11-15(10-21-24)9-20-18(26)22-17-8-13(2)25(23-17)12-14-4-6-16(19)7-5-14/h4-8,10-11H,3,9,12H2,1-2H3,(H2,20,22,23,26). The summed E-state index contributed by atoms with van der Waals surface area (Å²) in [5.74, 6) is 0.721. The van der Waals surface area contributed by atoms with Crippen molar-refractivity contribution in [1.29, 1.82) is 0 Å². The van der Waals surface area contributed by atoms with Gasteiger partial charge in [0.15, 0.2) is 10.9 Å². The van der Waals surface area contributed by atoms with Crippen molar-refractivity contribution in [2.24, 2.45) is 0 Å². The molecular formula is C18H21ClN6S. The number of hydrogen-bond donors (Lipinski definition) is 2. The van der Waals surface area contributed by atoms with E-state index in [0.717, 1.165) is 34.2 Å². The third-order valence-corrected chi connectivity index (χ3v) is 4.43. The van der Waals surface area contributed by atoms with E-state index in [2.05, 4.69) is 27.8 Å². The van der Waals surface area contributed by atoms with Crippen LogP contribution in [0.2, 0.25) is 5.02 Å². The van der Waals surface area contributed by atoms with Crippen molar-refractivity contribution in [3.8, 4) is 0 Å². The molecule has 136 valence electrons. The second kappa shape index (κ2) is 8.33. The Morgan fingerprint density at radius 3 is 2.69 bits per heavy atom. The number of benzene rings is 1. The van der Waals surface area contributed by atoms with Crippen LogP contribution in [0.15, 0.2) is 42.7 Å². The van der Waals surface area contributed by atoms with Crippen LogP contribution in [-0.4, -0.2) is 24.7 Å². The van der Waals surface area contributed by atoms with Crippen LogP contribution < -0.4 is 10.6 Å². The quantitative estimate of drug-likeness (QED) is 0.632. The lowest BCUT2D eigenvalue weighted by Gasteiger charge is -2.07. The molecule has 0 saturated heterocycles. The van der Waals surface area contributed by atoms with Crippen LogP contribution in [0.5, 0.6) is 0 Å². The molecule has 0 bridgehead atoms. The number of aryl methyl sites for hydroxylation is 2. The van der Waals surface area contributed by atoms with Crippen LogP contribution in [-0.2, 0) is 19.6 Å². The third kappa shape index (κ3) is 4.83. The number of nitrogens with one attached hydrogen (secondary N) is 2. The monoisotopic (exact) mass is 388 g/mol. The van der Waals surface area contributed by atoms with Crippen LogP contribution in [0.1, 0.15) is 23.7 Å². The highest BCUT2D eigenvalue weighted by Gasteiger charge is 2.07. The van der Waals surface area contributed by atoms with Crippen molar-refractivity contribution in [1.82, 2.24) is 24.9 Å². The first-order valence-electron chi connectivity index (χ1n) is 8.38. The summed E-state index contributed by atoms with van der Waals surface area (Å²) in [6.07, 6.45) is 3.84. The first kappa shape index (κ1) is 18.4. The van der Waals surface area contributed by atoms with E-state index in [0.29, 0.717) is 18.2 Å². The maximum atomic E-state index is 5.93. The molecule has 0 radical (unpaired) electrons.